The SMILES string of the molecule is CC1C2CC3(C)OC3(C)C(O2)OC2CC3C4C5OC5C5(O)CC=CC(=O)C5(C)C4CCC3(C)C21. The largest absolute Gasteiger partial charge is 0.386 e. The van der Waals surface area contributed by atoms with Gasteiger partial charge in [-0.3, -0.25) is 4.79 Å². The zero-order chi connectivity index (χ0) is 23.6. The van der Waals surface area contributed by atoms with Gasteiger partial charge in [0.2, 0.25) is 0 Å². The molecule has 34 heavy (non-hydrogen) atoms. The van der Waals surface area contributed by atoms with E-state index in [4.69, 9.17) is 18.9 Å². The number of carbonyl (C=O) groups excluding carboxylic acids is 1. The standard InChI is InChI=1S/C28H38O6/c1-13-17-12-25(3)27(5,34-25)23(32-17)31-16-11-15-19-14(8-10-24(15,2)20(13)16)26(4)18(29)7-6-9-28(26,30)22-21(19)33-22/h6-7,13-17,19-23,30H,8-12H2,1-5H3. The summed E-state index contributed by atoms with van der Waals surface area (Å²) in [6.07, 6.45) is 7.85. The summed E-state index contributed by atoms with van der Waals surface area (Å²) >= 11 is 0. The van der Waals surface area contributed by atoms with Gasteiger partial charge in [-0.05, 0) is 87.5 Å². The van der Waals surface area contributed by atoms with E-state index in [1.54, 1.807) is 6.08 Å². The summed E-state index contributed by atoms with van der Waals surface area (Å²) in [7, 11) is 0. The fraction of sp³-hybridized carbons (Fsp3) is 0.893. The average Bonchev–Trinajstić information content (AvgIpc) is 3.65. The fourth-order valence-electron chi connectivity index (χ4n) is 10.7. The molecule has 7 fully saturated rings. The van der Waals surface area contributed by atoms with Gasteiger partial charge in [-0.25, -0.2) is 0 Å². The maximum Gasteiger partial charge on any atom is 0.189 e. The smallest absolute Gasteiger partial charge is 0.189 e. The molecule has 8 rings (SSSR count). The van der Waals surface area contributed by atoms with Crippen LogP contribution in [-0.4, -0.2) is 58.4 Å². The van der Waals surface area contributed by atoms with Crippen molar-refractivity contribution in [1.29, 1.82) is 0 Å². The predicted molar refractivity (Wildman–Crippen MR) is 122 cm³/mol. The Balaban J connectivity index is 1.19. The third-order valence-electron chi connectivity index (χ3n) is 12.9. The first-order chi connectivity index (χ1) is 16.0. The molecule has 0 spiro atoms. The number of ether oxygens (including phenoxy) is 4. The van der Waals surface area contributed by atoms with Crippen LogP contribution < -0.4 is 0 Å². The van der Waals surface area contributed by atoms with Crippen LogP contribution in [0.2, 0.25) is 0 Å². The quantitative estimate of drug-likeness (QED) is 0.547. The number of hydrogen-bond acceptors (Lipinski definition) is 6. The summed E-state index contributed by atoms with van der Waals surface area (Å²) in [5.41, 5.74) is -2.21. The molecule has 6 heteroatoms. The maximum absolute atomic E-state index is 13.4. The van der Waals surface area contributed by atoms with Gasteiger partial charge >= 0.3 is 0 Å². The molecule has 4 saturated heterocycles. The Labute approximate surface area is 201 Å². The summed E-state index contributed by atoms with van der Waals surface area (Å²) in [5.74, 6) is 1.77. The molecular weight excluding hydrogens is 432 g/mol. The van der Waals surface area contributed by atoms with Gasteiger partial charge in [0.25, 0.3) is 0 Å². The van der Waals surface area contributed by atoms with Crippen LogP contribution in [0.3, 0.4) is 0 Å². The van der Waals surface area contributed by atoms with Crippen LogP contribution >= 0.6 is 0 Å². The zero-order valence-corrected chi connectivity index (χ0v) is 21.0. The third kappa shape index (κ3) is 2.07. The monoisotopic (exact) mass is 470 g/mol. The molecule has 0 aromatic heterocycles. The number of fused-ring (bicyclic) bond motifs is 14. The molecule has 3 saturated carbocycles. The molecule has 1 N–H and O–H groups in total. The molecule has 186 valence electrons. The summed E-state index contributed by atoms with van der Waals surface area (Å²) in [6, 6.07) is 0. The maximum atomic E-state index is 13.4. The van der Waals surface area contributed by atoms with Gasteiger partial charge in [-0.15, -0.1) is 0 Å². The Morgan fingerprint density at radius 3 is 2.62 bits per heavy atom. The fourth-order valence-corrected chi connectivity index (χ4v) is 10.7. The second-order valence-electron chi connectivity index (χ2n) is 13.9. The molecule has 4 aliphatic carbocycles. The van der Waals surface area contributed by atoms with Gasteiger partial charge in [0, 0.05) is 6.42 Å². The molecule has 15 unspecified atom stereocenters. The van der Waals surface area contributed by atoms with E-state index >= 15 is 0 Å². The van der Waals surface area contributed by atoms with Crippen molar-refractivity contribution in [3.63, 3.8) is 0 Å². The minimum atomic E-state index is -1.07. The third-order valence-corrected chi connectivity index (χ3v) is 12.9. The van der Waals surface area contributed by atoms with Gasteiger partial charge in [0.05, 0.1) is 23.7 Å². The first-order valence-corrected chi connectivity index (χ1v) is 13.6. The van der Waals surface area contributed by atoms with Crippen molar-refractivity contribution in [2.75, 3.05) is 0 Å². The molecule has 4 heterocycles. The zero-order valence-electron chi connectivity index (χ0n) is 21.0. The lowest BCUT2D eigenvalue weighted by atomic mass is 9.43. The molecule has 0 aromatic rings. The van der Waals surface area contributed by atoms with Crippen molar-refractivity contribution in [1.82, 2.24) is 0 Å². The van der Waals surface area contributed by atoms with Crippen molar-refractivity contribution >= 4 is 5.78 Å². The number of ketones is 1. The van der Waals surface area contributed by atoms with Gasteiger partial charge in [-0.2, -0.15) is 0 Å². The lowest BCUT2D eigenvalue weighted by Crippen LogP contribution is -2.67. The van der Waals surface area contributed by atoms with Crippen LogP contribution in [-0.2, 0) is 23.7 Å². The Bertz CT molecular complexity index is 1030. The van der Waals surface area contributed by atoms with Crippen LogP contribution in [0, 0.1) is 40.4 Å². The minimum absolute atomic E-state index is 0.0629. The molecule has 0 aromatic carbocycles. The Kier molecular flexibility index (Phi) is 3.67. The number of allylic oxidation sites excluding steroid dienone is 1. The highest BCUT2D eigenvalue weighted by Gasteiger charge is 2.80. The van der Waals surface area contributed by atoms with E-state index in [1.165, 1.54) is 0 Å². The number of rotatable bonds is 0. The molecular formula is C28H38O6. The second-order valence-corrected chi connectivity index (χ2v) is 13.9. The van der Waals surface area contributed by atoms with E-state index in [1.807, 2.05) is 13.0 Å². The van der Waals surface area contributed by atoms with Crippen molar-refractivity contribution in [2.24, 2.45) is 40.4 Å². The molecule has 0 radical (unpaired) electrons. The molecule has 15 atom stereocenters. The number of aliphatic hydroxyl groups is 1. The summed E-state index contributed by atoms with van der Waals surface area (Å²) in [5, 5.41) is 11.8. The van der Waals surface area contributed by atoms with Crippen LogP contribution in [0.4, 0.5) is 0 Å². The number of hydrogen-bond donors (Lipinski definition) is 1. The van der Waals surface area contributed by atoms with Gasteiger partial charge in [0.15, 0.2) is 12.1 Å². The van der Waals surface area contributed by atoms with E-state index in [-0.39, 0.29) is 59.0 Å². The lowest BCUT2D eigenvalue weighted by Gasteiger charge is -2.60. The van der Waals surface area contributed by atoms with Crippen LogP contribution in [0.1, 0.15) is 66.7 Å². The molecule has 0 amide bonds. The van der Waals surface area contributed by atoms with Gasteiger partial charge < -0.3 is 24.1 Å². The highest BCUT2D eigenvalue weighted by atomic mass is 16.8. The van der Waals surface area contributed by atoms with Gasteiger partial charge in [-0.1, -0.05) is 19.9 Å². The van der Waals surface area contributed by atoms with E-state index in [0.717, 1.165) is 25.7 Å². The second kappa shape index (κ2) is 5.85. The molecule has 4 aliphatic heterocycles. The highest BCUT2D eigenvalue weighted by Crippen LogP contribution is 2.73. The molecule has 8 aliphatic rings. The van der Waals surface area contributed by atoms with Crippen LogP contribution in [0.5, 0.6) is 0 Å². The predicted octanol–water partition coefficient (Wildman–Crippen LogP) is 3.40. The van der Waals surface area contributed by atoms with Crippen molar-refractivity contribution < 1.29 is 28.8 Å². The first kappa shape index (κ1) is 21.3. The number of carbonyl (C=O) groups is 1. The summed E-state index contributed by atoms with van der Waals surface area (Å²) in [6.45, 7) is 11.2. The molecule has 6 nitrogen and oxygen atoms in total. The topological polar surface area (TPSA) is 80.8 Å². The van der Waals surface area contributed by atoms with Crippen molar-refractivity contribution in [3.8, 4) is 0 Å². The van der Waals surface area contributed by atoms with Gasteiger partial charge in [0.1, 0.15) is 22.9 Å². The molecule has 2 bridgehead atoms. The van der Waals surface area contributed by atoms with Crippen molar-refractivity contribution in [2.45, 2.75) is 114 Å². The van der Waals surface area contributed by atoms with Crippen molar-refractivity contribution in [3.05, 3.63) is 12.2 Å². The normalized spacial score (nSPS) is 68.9. The highest BCUT2D eigenvalue weighted by molar-refractivity contribution is 5.97. The summed E-state index contributed by atoms with van der Waals surface area (Å²) in [4.78, 5) is 13.4. The van der Waals surface area contributed by atoms with E-state index in [9.17, 15) is 9.90 Å². The van der Waals surface area contributed by atoms with E-state index < -0.39 is 11.0 Å². The Hall–Kier alpha value is -0.790. The first-order valence-electron chi connectivity index (χ1n) is 13.6. The van der Waals surface area contributed by atoms with E-state index in [0.29, 0.717) is 30.1 Å². The minimum Gasteiger partial charge on any atom is -0.386 e. The van der Waals surface area contributed by atoms with E-state index in [2.05, 4.69) is 27.7 Å². The lowest BCUT2D eigenvalue weighted by molar-refractivity contribution is -0.219. The Morgan fingerprint density at radius 1 is 1.06 bits per heavy atom. The summed E-state index contributed by atoms with van der Waals surface area (Å²) < 4.78 is 25.9. The average molecular weight is 471 g/mol. The number of epoxide rings is 2. The van der Waals surface area contributed by atoms with Crippen LogP contribution in [0.25, 0.3) is 0 Å². The van der Waals surface area contributed by atoms with Crippen LogP contribution in [0.15, 0.2) is 12.2 Å². The Morgan fingerprint density at radius 2 is 1.82 bits per heavy atom.